The molecule has 1 aromatic carbocycles. The van der Waals surface area contributed by atoms with Crippen LogP contribution in [0.15, 0.2) is 24.3 Å². The Hall–Kier alpha value is -0.980. The van der Waals surface area contributed by atoms with Gasteiger partial charge in [0.05, 0.1) is 6.61 Å². The molecule has 0 aromatic heterocycles. The SMILES string of the molecule is CCCCCCCCCCOc1ccc(C2CCCCC2)cc1. The standard InChI is InChI=1S/C22H36O/c1-2-3-4-5-6-7-8-12-19-23-22-17-15-21(16-18-22)20-13-10-9-11-14-20/h15-18,20H,2-14,19H2,1H3. The first-order valence-electron chi connectivity index (χ1n) is 10.1. The van der Waals surface area contributed by atoms with Crippen LogP contribution < -0.4 is 4.74 Å². The van der Waals surface area contributed by atoms with Crippen LogP contribution in [0.1, 0.15) is 102 Å². The number of rotatable bonds is 11. The van der Waals surface area contributed by atoms with Gasteiger partial charge in [0, 0.05) is 0 Å². The molecule has 130 valence electrons. The van der Waals surface area contributed by atoms with Gasteiger partial charge in [-0.25, -0.2) is 0 Å². The van der Waals surface area contributed by atoms with Crippen molar-refractivity contribution in [3.05, 3.63) is 29.8 Å². The van der Waals surface area contributed by atoms with Crippen molar-refractivity contribution < 1.29 is 4.74 Å². The Morgan fingerprint density at radius 2 is 1.39 bits per heavy atom. The number of ether oxygens (including phenoxy) is 1. The van der Waals surface area contributed by atoms with Gasteiger partial charge < -0.3 is 4.74 Å². The van der Waals surface area contributed by atoms with Crippen LogP contribution in [0.25, 0.3) is 0 Å². The van der Waals surface area contributed by atoms with Crippen molar-refractivity contribution in [2.24, 2.45) is 0 Å². The van der Waals surface area contributed by atoms with E-state index >= 15 is 0 Å². The molecule has 1 aliphatic rings. The molecule has 0 amide bonds. The van der Waals surface area contributed by atoms with Gasteiger partial charge in [0.25, 0.3) is 0 Å². The van der Waals surface area contributed by atoms with Gasteiger partial charge in [-0.3, -0.25) is 0 Å². The van der Waals surface area contributed by atoms with Gasteiger partial charge in [0.15, 0.2) is 0 Å². The Balaban J connectivity index is 1.54. The highest BCUT2D eigenvalue weighted by molar-refractivity contribution is 5.29. The maximum Gasteiger partial charge on any atom is 0.119 e. The highest BCUT2D eigenvalue weighted by atomic mass is 16.5. The van der Waals surface area contributed by atoms with E-state index in [0.717, 1.165) is 18.3 Å². The molecule has 0 spiro atoms. The molecule has 23 heavy (non-hydrogen) atoms. The summed E-state index contributed by atoms with van der Waals surface area (Å²) in [7, 11) is 0. The van der Waals surface area contributed by atoms with Crippen molar-refractivity contribution in [3.8, 4) is 5.75 Å². The molecule has 0 bridgehead atoms. The van der Waals surface area contributed by atoms with Gasteiger partial charge in [0.1, 0.15) is 5.75 Å². The van der Waals surface area contributed by atoms with Crippen molar-refractivity contribution in [3.63, 3.8) is 0 Å². The quantitative estimate of drug-likeness (QED) is 0.390. The minimum atomic E-state index is 0.797. The zero-order chi connectivity index (χ0) is 16.2. The van der Waals surface area contributed by atoms with E-state index in [2.05, 4.69) is 31.2 Å². The molecule has 0 unspecified atom stereocenters. The molecule has 2 rings (SSSR count). The highest BCUT2D eigenvalue weighted by Crippen LogP contribution is 2.33. The second-order valence-electron chi connectivity index (χ2n) is 7.23. The molecule has 1 fully saturated rings. The van der Waals surface area contributed by atoms with E-state index in [-0.39, 0.29) is 0 Å². The van der Waals surface area contributed by atoms with Crippen LogP contribution in [0.3, 0.4) is 0 Å². The van der Waals surface area contributed by atoms with E-state index in [9.17, 15) is 0 Å². The summed E-state index contributed by atoms with van der Waals surface area (Å²) < 4.78 is 5.89. The van der Waals surface area contributed by atoms with Crippen LogP contribution in [0.4, 0.5) is 0 Å². The predicted molar refractivity (Wildman–Crippen MR) is 100 cm³/mol. The van der Waals surface area contributed by atoms with Crippen LogP contribution in [-0.2, 0) is 0 Å². The summed E-state index contributed by atoms with van der Waals surface area (Å²) >= 11 is 0. The lowest BCUT2D eigenvalue weighted by Gasteiger charge is -2.22. The molecule has 1 aliphatic carbocycles. The van der Waals surface area contributed by atoms with Crippen LogP contribution in [0.5, 0.6) is 5.75 Å². The van der Waals surface area contributed by atoms with Gasteiger partial charge in [-0.15, -0.1) is 0 Å². The lowest BCUT2D eigenvalue weighted by Crippen LogP contribution is -2.04. The lowest BCUT2D eigenvalue weighted by molar-refractivity contribution is 0.304. The molecule has 0 aliphatic heterocycles. The molecule has 0 atom stereocenters. The zero-order valence-corrected chi connectivity index (χ0v) is 15.2. The summed E-state index contributed by atoms with van der Waals surface area (Å²) in [5, 5.41) is 0. The Morgan fingerprint density at radius 1 is 0.783 bits per heavy atom. The monoisotopic (exact) mass is 316 g/mol. The average Bonchev–Trinajstić information content (AvgIpc) is 2.62. The van der Waals surface area contributed by atoms with Gasteiger partial charge in [-0.2, -0.15) is 0 Å². The van der Waals surface area contributed by atoms with Gasteiger partial charge in [-0.1, -0.05) is 83.3 Å². The minimum Gasteiger partial charge on any atom is -0.494 e. The van der Waals surface area contributed by atoms with Gasteiger partial charge in [-0.05, 0) is 42.9 Å². The molecule has 1 aromatic rings. The molecule has 0 heterocycles. The van der Waals surface area contributed by atoms with E-state index in [0.29, 0.717) is 0 Å². The number of hydrogen-bond acceptors (Lipinski definition) is 1. The Bertz CT molecular complexity index is 389. The molecule has 0 N–H and O–H groups in total. The molecular formula is C22H36O. The average molecular weight is 317 g/mol. The summed E-state index contributed by atoms with van der Waals surface area (Å²) in [5.41, 5.74) is 1.52. The fourth-order valence-electron chi connectivity index (χ4n) is 3.70. The minimum absolute atomic E-state index is 0.797. The summed E-state index contributed by atoms with van der Waals surface area (Å²) in [5.74, 6) is 1.85. The number of benzene rings is 1. The predicted octanol–water partition coefficient (Wildman–Crippen LogP) is 7.25. The summed E-state index contributed by atoms with van der Waals surface area (Å²) in [6, 6.07) is 8.93. The van der Waals surface area contributed by atoms with E-state index in [1.807, 2.05) is 0 Å². The second-order valence-corrected chi connectivity index (χ2v) is 7.23. The van der Waals surface area contributed by atoms with Crippen molar-refractivity contribution in [2.45, 2.75) is 96.3 Å². The Morgan fingerprint density at radius 3 is 2.04 bits per heavy atom. The van der Waals surface area contributed by atoms with Crippen molar-refractivity contribution in [1.82, 2.24) is 0 Å². The third-order valence-corrected chi connectivity index (χ3v) is 5.22. The molecule has 1 saturated carbocycles. The number of unbranched alkanes of at least 4 members (excludes halogenated alkanes) is 7. The van der Waals surface area contributed by atoms with E-state index < -0.39 is 0 Å². The molecular weight excluding hydrogens is 280 g/mol. The van der Waals surface area contributed by atoms with Crippen LogP contribution in [0.2, 0.25) is 0 Å². The van der Waals surface area contributed by atoms with Gasteiger partial charge >= 0.3 is 0 Å². The fraction of sp³-hybridized carbons (Fsp3) is 0.727. The fourth-order valence-corrected chi connectivity index (χ4v) is 3.70. The molecule has 1 heteroatoms. The summed E-state index contributed by atoms with van der Waals surface area (Å²) in [6.45, 7) is 3.15. The van der Waals surface area contributed by atoms with Crippen LogP contribution >= 0.6 is 0 Å². The maximum absolute atomic E-state index is 5.89. The molecule has 1 nitrogen and oxygen atoms in total. The first-order chi connectivity index (χ1) is 11.4. The van der Waals surface area contributed by atoms with Gasteiger partial charge in [0.2, 0.25) is 0 Å². The third-order valence-electron chi connectivity index (χ3n) is 5.22. The largest absolute Gasteiger partial charge is 0.494 e. The normalized spacial score (nSPS) is 15.7. The first kappa shape index (κ1) is 18.4. The summed E-state index contributed by atoms with van der Waals surface area (Å²) in [4.78, 5) is 0. The lowest BCUT2D eigenvalue weighted by atomic mass is 9.84. The van der Waals surface area contributed by atoms with E-state index in [1.165, 1.54) is 89.0 Å². The Labute approximate surface area is 143 Å². The third kappa shape index (κ3) is 7.42. The zero-order valence-electron chi connectivity index (χ0n) is 15.2. The van der Waals surface area contributed by atoms with Crippen LogP contribution in [0, 0.1) is 0 Å². The van der Waals surface area contributed by atoms with E-state index in [1.54, 1.807) is 0 Å². The highest BCUT2D eigenvalue weighted by Gasteiger charge is 2.15. The van der Waals surface area contributed by atoms with E-state index in [4.69, 9.17) is 4.74 Å². The summed E-state index contributed by atoms with van der Waals surface area (Å²) in [6.07, 6.45) is 17.8. The topological polar surface area (TPSA) is 9.23 Å². The van der Waals surface area contributed by atoms with Crippen molar-refractivity contribution in [1.29, 1.82) is 0 Å². The second kappa shape index (κ2) is 11.5. The molecule has 0 radical (unpaired) electrons. The Kier molecular flexibility index (Phi) is 9.21. The van der Waals surface area contributed by atoms with Crippen LogP contribution in [-0.4, -0.2) is 6.61 Å². The van der Waals surface area contributed by atoms with Crippen molar-refractivity contribution >= 4 is 0 Å². The number of hydrogen-bond donors (Lipinski definition) is 0. The first-order valence-corrected chi connectivity index (χ1v) is 10.1. The smallest absolute Gasteiger partial charge is 0.119 e. The van der Waals surface area contributed by atoms with Crippen molar-refractivity contribution in [2.75, 3.05) is 6.61 Å². The molecule has 0 saturated heterocycles. The maximum atomic E-state index is 5.89.